The van der Waals surface area contributed by atoms with Gasteiger partial charge in [0.15, 0.2) is 0 Å². The first-order valence-corrected chi connectivity index (χ1v) is 11.8. The third kappa shape index (κ3) is 6.81. The number of rotatable bonds is 6. The van der Waals surface area contributed by atoms with Gasteiger partial charge >= 0.3 is 11.8 Å². The maximum atomic E-state index is 12.6. The van der Waals surface area contributed by atoms with Crippen molar-refractivity contribution in [2.75, 3.05) is 19.5 Å². The van der Waals surface area contributed by atoms with Crippen molar-refractivity contribution in [2.24, 2.45) is 0 Å². The van der Waals surface area contributed by atoms with Gasteiger partial charge in [0, 0.05) is 30.0 Å². The van der Waals surface area contributed by atoms with Crippen LogP contribution in [0.3, 0.4) is 0 Å². The third-order valence-corrected chi connectivity index (χ3v) is 6.12. The highest BCUT2D eigenvalue weighted by molar-refractivity contribution is 6.04. The summed E-state index contributed by atoms with van der Waals surface area (Å²) in [6.07, 6.45) is -0.783. The first kappa shape index (κ1) is 28.5. The standard InChI is InChI=1S/C26H29NO7.CH2O3/c1-15-20(32-22-13-12-21(31-5)26(2,3)34-22)11-8-17-14-19(25(29)33-23(15)17)27-24(28)16-6-9-18(30-4)10-7-16;2-1(3)4/h6-11,14,21-22H,12-13H2,1-5H3,(H,27,28);(H2,2,3,4). The Bertz CT molecular complexity index is 1340. The van der Waals surface area contributed by atoms with Gasteiger partial charge in [-0.25, -0.2) is 9.59 Å². The Kier molecular flexibility index (Phi) is 8.97. The molecule has 11 heteroatoms. The minimum absolute atomic E-state index is 0.00498. The summed E-state index contributed by atoms with van der Waals surface area (Å²) in [5.41, 5.74) is 0.405. The molecule has 3 aromatic rings. The first-order chi connectivity index (χ1) is 17.9. The molecule has 204 valence electrons. The summed E-state index contributed by atoms with van der Waals surface area (Å²) in [5.74, 6) is 0.788. The number of benzene rings is 2. The SMILES string of the molecule is COc1ccc(C(=O)Nc2cc3ccc(OC4CCC(OC)C(C)(C)O4)c(C)c3oc2=O)cc1.O=C(O)O. The molecule has 1 fully saturated rings. The molecule has 1 aliphatic rings. The topological polar surface area (TPSA) is 154 Å². The van der Waals surface area contributed by atoms with E-state index >= 15 is 0 Å². The Balaban J connectivity index is 0.000000934. The zero-order valence-corrected chi connectivity index (χ0v) is 21.8. The molecule has 0 spiro atoms. The number of fused-ring (bicyclic) bond motifs is 1. The van der Waals surface area contributed by atoms with Crippen molar-refractivity contribution in [3.8, 4) is 11.5 Å². The van der Waals surface area contributed by atoms with E-state index in [1.54, 1.807) is 50.6 Å². The average Bonchev–Trinajstić information content (AvgIpc) is 2.86. The second-order valence-corrected chi connectivity index (χ2v) is 9.09. The zero-order chi connectivity index (χ0) is 28.0. The number of carbonyl (C=O) groups is 2. The second-order valence-electron chi connectivity index (χ2n) is 9.09. The normalized spacial score (nSPS) is 18.1. The number of amides is 1. The fraction of sp³-hybridized carbons (Fsp3) is 0.370. The number of aryl methyl sites for hydroxylation is 1. The number of methoxy groups -OCH3 is 2. The molecule has 1 aromatic heterocycles. The van der Waals surface area contributed by atoms with Crippen molar-refractivity contribution in [3.05, 3.63) is 64.0 Å². The maximum absolute atomic E-state index is 12.6. The number of nitrogens with one attached hydrogen (secondary N) is 1. The molecular weight excluding hydrogens is 498 g/mol. The zero-order valence-electron chi connectivity index (χ0n) is 21.8. The van der Waals surface area contributed by atoms with Gasteiger partial charge in [0.05, 0.1) is 18.8 Å². The monoisotopic (exact) mass is 529 g/mol. The number of carboxylic acid groups (broad SMARTS) is 2. The summed E-state index contributed by atoms with van der Waals surface area (Å²) >= 11 is 0. The van der Waals surface area contributed by atoms with Gasteiger partial charge in [-0.2, -0.15) is 0 Å². The molecule has 0 aliphatic carbocycles. The molecule has 3 N–H and O–H groups in total. The van der Waals surface area contributed by atoms with E-state index in [2.05, 4.69) is 5.32 Å². The van der Waals surface area contributed by atoms with Crippen LogP contribution < -0.4 is 20.4 Å². The summed E-state index contributed by atoms with van der Waals surface area (Å²) in [4.78, 5) is 33.7. The van der Waals surface area contributed by atoms with Crippen molar-refractivity contribution in [1.82, 2.24) is 0 Å². The van der Waals surface area contributed by atoms with Crippen LogP contribution >= 0.6 is 0 Å². The minimum atomic E-state index is -1.83. The second kappa shape index (κ2) is 12.0. The molecule has 1 saturated heterocycles. The van der Waals surface area contributed by atoms with Crippen LogP contribution in [0.25, 0.3) is 11.0 Å². The summed E-state index contributed by atoms with van der Waals surface area (Å²) in [5, 5.41) is 17.2. The molecule has 38 heavy (non-hydrogen) atoms. The lowest BCUT2D eigenvalue weighted by atomic mass is 9.94. The highest BCUT2D eigenvalue weighted by atomic mass is 16.7. The van der Waals surface area contributed by atoms with E-state index in [1.165, 1.54) is 0 Å². The lowest BCUT2D eigenvalue weighted by molar-refractivity contribution is -0.233. The molecule has 0 saturated carbocycles. The maximum Gasteiger partial charge on any atom is 0.503 e. The molecule has 0 bridgehead atoms. The Morgan fingerprint density at radius 1 is 1.05 bits per heavy atom. The Morgan fingerprint density at radius 3 is 2.29 bits per heavy atom. The minimum Gasteiger partial charge on any atom is -0.497 e. The highest BCUT2D eigenvalue weighted by Gasteiger charge is 2.39. The van der Waals surface area contributed by atoms with Gasteiger partial charge in [0.2, 0.25) is 6.29 Å². The molecular formula is C27H31NO10. The largest absolute Gasteiger partial charge is 0.503 e. The van der Waals surface area contributed by atoms with Gasteiger partial charge in [-0.3, -0.25) is 4.79 Å². The van der Waals surface area contributed by atoms with Gasteiger partial charge < -0.3 is 38.9 Å². The van der Waals surface area contributed by atoms with E-state index in [4.69, 9.17) is 38.4 Å². The number of hydrogen-bond donors (Lipinski definition) is 3. The lowest BCUT2D eigenvalue weighted by Gasteiger charge is -2.41. The first-order valence-electron chi connectivity index (χ1n) is 11.8. The molecule has 1 aliphatic heterocycles. The van der Waals surface area contributed by atoms with E-state index in [0.717, 1.165) is 6.42 Å². The smallest absolute Gasteiger partial charge is 0.497 e. The van der Waals surface area contributed by atoms with Crippen LogP contribution in [0.5, 0.6) is 11.5 Å². The van der Waals surface area contributed by atoms with Crippen LogP contribution in [0.4, 0.5) is 10.5 Å². The summed E-state index contributed by atoms with van der Waals surface area (Å²) < 4.78 is 28.4. The van der Waals surface area contributed by atoms with Crippen LogP contribution in [-0.4, -0.2) is 54.5 Å². The molecule has 4 rings (SSSR count). The highest BCUT2D eigenvalue weighted by Crippen LogP contribution is 2.34. The molecule has 2 unspecified atom stereocenters. The fourth-order valence-corrected chi connectivity index (χ4v) is 4.19. The van der Waals surface area contributed by atoms with Crippen molar-refractivity contribution in [1.29, 1.82) is 0 Å². The number of ether oxygens (including phenoxy) is 4. The van der Waals surface area contributed by atoms with Crippen molar-refractivity contribution in [3.63, 3.8) is 0 Å². The van der Waals surface area contributed by atoms with Gasteiger partial charge in [0.1, 0.15) is 22.8 Å². The van der Waals surface area contributed by atoms with Crippen LogP contribution in [-0.2, 0) is 9.47 Å². The van der Waals surface area contributed by atoms with E-state index in [0.29, 0.717) is 40.0 Å². The van der Waals surface area contributed by atoms with Crippen LogP contribution in [0.1, 0.15) is 42.6 Å². The molecule has 11 nitrogen and oxygen atoms in total. The quantitative estimate of drug-likeness (QED) is 0.376. The van der Waals surface area contributed by atoms with Crippen LogP contribution in [0.2, 0.25) is 0 Å². The number of hydrogen-bond acceptors (Lipinski definition) is 8. The summed E-state index contributed by atoms with van der Waals surface area (Å²) in [7, 11) is 3.23. The Hall–Kier alpha value is -4.09. The molecule has 1 amide bonds. The van der Waals surface area contributed by atoms with Crippen molar-refractivity contribution in [2.45, 2.75) is 51.6 Å². The molecule has 2 atom stereocenters. The van der Waals surface area contributed by atoms with Gasteiger partial charge in [-0.05, 0) is 69.7 Å². The Morgan fingerprint density at radius 2 is 1.71 bits per heavy atom. The predicted molar refractivity (Wildman–Crippen MR) is 138 cm³/mol. The van der Waals surface area contributed by atoms with Crippen molar-refractivity contribution >= 4 is 28.7 Å². The van der Waals surface area contributed by atoms with E-state index in [1.807, 2.05) is 26.8 Å². The predicted octanol–water partition coefficient (Wildman–Crippen LogP) is 4.89. The number of anilines is 1. The van der Waals surface area contributed by atoms with E-state index < -0.39 is 29.6 Å². The fourth-order valence-electron chi connectivity index (χ4n) is 4.19. The number of carbonyl (C=O) groups excluding carboxylic acids is 1. The van der Waals surface area contributed by atoms with E-state index in [9.17, 15) is 9.59 Å². The lowest BCUT2D eigenvalue weighted by Crippen LogP contribution is -2.49. The van der Waals surface area contributed by atoms with Crippen LogP contribution in [0, 0.1) is 6.92 Å². The van der Waals surface area contributed by atoms with Crippen molar-refractivity contribution < 1.29 is 43.2 Å². The third-order valence-electron chi connectivity index (χ3n) is 6.12. The van der Waals surface area contributed by atoms with Gasteiger partial charge in [-0.1, -0.05) is 0 Å². The van der Waals surface area contributed by atoms with Crippen LogP contribution in [0.15, 0.2) is 51.7 Å². The Labute approximate surface area is 218 Å². The molecule has 2 aromatic carbocycles. The molecule has 2 heterocycles. The average molecular weight is 530 g/mol. The van der Waals surface area contributed by atoms with E-state index in [-0.39, 0.29) is 11.8 Å². The van der Waals surface area contributed by atoms with Gasteiger partial charge in [-0.15, -0.1) is 0 Å². The molecule has 0 radical (unpaired) electrons. The van der Waals surface area contributed by atoms with Gasteiger partial charge in [0.25, 0.3) is 5.91 Å². The summed E-state index contributed by atoms with van der Waals surface area (Å²) in [6.45, 7) is 5.78. The summed E-state index contributed by atoms with van der Waals surface area (Å²) in [6, 6.07) is 11.8.